The molecule has 0 saturated carbocycles. The summed E-state index contributed by atoms with van der Waals surface area (Å²) in [5.41, 5.74) is 0.858. The van der Waals surface area contributed by atoms with Crippen LogP contribution in [0.25, 0.3) is 0 Å². The highest BCUT2D eigenvalue weighted by molar-refractivity contribution is 7.98. The molecule has 1 aromatic heterocycles. The smallest absolute Gasteiger partial charge is 0.256 e. The Hall–Kier alpha value is -2.01. The molecule has 0 saturated heterocycles. The van der Waals surface area contributed by atoms with Gasteiger partial charge in [-0.1, -0.05) is 12.1 Å². The minimum Gasteiger partial charge on any atom is -0.486 e. The third kappa shape index (κ3) is 4.24. The highest BCUT2D eigenvalue weighted by Gasteiger charge is 2.17. The largest absolute Gasteiger partial charge is 0.486 e. The van der Waals surface area contributed by atoms with E-state index in [-0.39, 0.29) is 11.5 Å². The van der Waals surface area contributed by atoms with Crippen LogP contribution in [0.15, 0.2) is 47.6 Å². The minimum atomic E-state index is -0.349. The zero-order valence-electron chi connectivity index (χ0n) is 13.2. The van der Waals surface area contributed by atoms with Gasteiger partial charge in [-0.25, -0.2) is 0 Å². The fraction of sp³-hybridized carbons (Fsp3) is 0.294. The first kappa shape index (κ1) is 16.4. The predicted molar refractivity (Wildman–Crippen MR) is 90.8 cm³/mol. The highest BCUT2D eigenvalue weighted by atomic mass is 32.2. The summed E-state index contributed by atoms with van der Waals surface area (Å²) in [4.78, 5) is 17.5. The zero-order valence-corrected chi connectivity index (χ0v) is 14.0. The summed E-state index contributed by atoms with van der Waals surface area (Å²) >= 11 is 1.54. The van der Waals surface area contributed by atoms with Crippen LogP contribution in [0.1, 0.15) is 31.1 Å². The number of hydrogen-bond donors (Lipinski definition) is 1. The number of carbonyl (C=O) groups is 1. The van der Waals surface area contributed by atoms with Crippen molar-refractivity contribution in [1.82, 2.24) is 4.98 Å². The Bertz CT molecular complexity index is 666. The second-order valence-corrected chi connectivity index (χ2v) is 6.59. The van der Waals surface area contributed by atoms with E-state index in [2.05, 4.69) is 10.3 Å². The minimum absolute atomic E-state index is 0.170. The summed E-state index contributed by atoms with van der Waals surface area (Å²) in [6.07, 6.45) is 5.19. The average Bonchev–Trinajstić information content (AvgIpc) is 2.47. The quantitative estimate of drug-likeness (QED) is 0.858. The molecule has 2 rings (SSSR count). The molecular weight excluding hydrogens is 296 g/mol. The monoisotopic (exact) mass is 316 g/mol. The van der Waals surface area contributed by atoms with Gasteiger partial charge in [0.05, 0.1) is 11.8 Å². The predicted octanol–water partition coefficient (Wildman–Crippen LogP) is 4.23. The first-order valence-electron chi connectivity index (χ1n) is 6.98. The molecule has 5 heteroatoms. The van der Waals surface area contributed by atoms with E-state index in [1.165, 1.54) is 0 Å². The molecule has 4 nitrogen and oxygen atoms in total. The molecular formula is C17H20N2O2S. The van der Waals surface area contributed by atoms with Gasteiger partial charge in [-0.05, 0) is 39.2 Å². The number of carbonyl (C=O) groups excluding carboxylic acids is 1. The van der Waals surface area contributed by atoms with E-state index < -0.39 is 0 Å². The summed E-state index contributed by atoms with van der Waals surface area (Å²) < 4.78 is 5.87. The van der Waals surface area contributed by atoms with Crippen LogP contribution in [-0.2, 0) is 0 Å². The van der Waals surface area contributed by atoms with Crippen molar-refractivity contribution in [3.05, 3.63) is 48.3 Å². The Kier molecular flexibility index (Phi) is 5.08. The molecule has 0 unspecified atom stereocenters. The molecule has 1 aromatic carbocycles. The van der Waals surface area contributed by atoms with Crippen molar-refractivity contribution in [3.8, 4) is 5.75 Å². The van der Waals surface area contributed by atoms with Gasteiger partial charge in [-0.15, -0.1) is 11.8 Å². The number of rotatable bonds is 4. The van der Waals surface area contributed by atoms with Gasteiger partial charge >= 0.3 is 0 Å². The van der Waals surface area contributed by atoms with Crippen LogP contribution < -0.4 is 10.1 Å². The standard InChI is InChI=1S/C17H20N2O2S/c1-17(2,3)21-14-9-10-18-11-13(14)19-16(20)12-7-5-6-8-15(12)22-4/h5-11H,1-4H3,(H,19,20). The summed E-state index contributed by atoms with van der Waals surface area (Å²) in [5, 5.41) is 2.88. The van der Waals surface area contributed by atoms with E-state index in [9.17, 15) is 4.79 Å². The number of benzene rings is 1. The fourth-order valence-electron chi connectivity index (χ4n) is 1.92. The van der Waals surface area contributed by atoms with Crippen molar-refractivity contribution in [3.63, 3.8) is 0 Å². The van der Waals surface area contributed by atoms with E-state index in [0.717, 1.165) is 4.90 Å². The maximum absolute atomic E-state index is 12.5. The average molecular weight is 316 g/mol. The summed E-state index contributed by atoms with van der Waals surface area (Å²) in [7, 11) is 0. The van der Waals surface area contributed by atoms with E-state index in [1.807, 2.05) is 51.3 Å². The number of nitrogens with zero attached hydrogens (tertiary/aromatic N) is 1. The second-order valence-electron chi connectivity index (χ2n) is 5.74. The van der Waals surface area contributed by atoms with E-state index >= 15 is 0 Å². The molecule has 1 heterocycles. The molecule has 0 aliphatic rings. The lowest BCUT2D eigenvalue weighted by molar-refractivity contribution is 0.102. The van der Waals surface area contributed by atoms with Crippen molar-refractivity contribution in [1.29, 1.82) is 0 Å². The van der Waals surface area contributed by atoms with E-state index in [4.69, 9.17) is 4.74 Å². The lowest BCUT2D eigenvalue weighted by Crippen LogP contribution is -2.24. The molecule has 0 atom stereocenters. The SMILES string of the molecule is CSc1ccccc1C(=O)Nc1cnccc1OC(C)(C)C. The zero-order chi connectivity index (χ0) is 16.2. The van der Waals surface area contributed by atoms with Crippen molar-refractivity contribution in [2.45, 2.75) is 31.3 Å². The number of anilines is 1. The number of aromatic nitrogens is 1. The van der Waals surface area contributed by atoms with Gasteiger partial charge in [0.15, 0.2) is 0 Å². The normalized spacial score (nSPS) is 11.1. The topological polar surface area (TPSA) is 51.2 Å². The Morgan fingerprint density at radius 2 is 1.95 bits per heavy atom. The van der Waals surface area contributed by atoms with Crippen LogP contribution >= 0.6 is 11.8 Å². The fourth-order valence-corrected chi connectivity index (χ4v) is 2.51. The van der Waals surface area contributed by atoms with Gasteiger partial charge in [-0.3, -0.25) is 9.78 Å². The van der Waals surface area contributed by atoms with Crippen molar-refractivity contribution in [2.24, 2.45) is 0 Å². The third-order valence-electron chi connectivity index (χ3n) is 2.80. The number of hydrogen-bond acceptors (Lipinski definition) is 4. The van der Waals surface area contributed by atoms with Crippen LogP contribution in [0.2, 0.25) is 0 Å². The molecule has 0 radical (unpaired) electrons. The van der Waals surface area contributed by atoms with Crippen molar-refractivity contribution < 1.29 is 9.53 Å². The third-order valence-corrected chi connectivity index (χ3v) is 3.59. The van der Waals surface area contributed by atoms with Crippen LogP contribution in [0.4, 0.5) is 5.69 Å². The molecule has 1 N–H and O–H groups in total. The Morgan fingerprint density at radius 3 is 2.64 bits per heavy atom. The number of amides is 1. The lowest BCUT2D eigenvalue weighted by Gasteiger charge is -2.23. The molecule has 22 heavy (non-hydrogen) atoms. The molecule has 2 aromatic rings. The number of ether oxygens (including phenoxy) is 1. The van der Waals surface area contributed by atoms with E-state index in [1.54, 1.807) is 30.2 Å². The molecule has 1 amide bonds. The first-order chi connectivity index (χ1) is 10.4. The van der Waals surface area contributed by atoms with Gasteiger partial charge in [-0.2, -0.15) is 0 Å². The van der Waals surface area contributed by atoms with Gasteiger partial charge in [0.2, 0.25) is 0 Å². The lowest BCUT2D eigenvalue weighted by atomic mass is 10.2. The maximum atomic E-state index is 12.5. The number of pyridine rings is 1. The Labute approximate surface area is 135 Å². The Morgan fingerprint density at radius 1 is 1.23 bits per heavy atom. The molecule has 116 valence electrons. The van der Waals surface area contributed by atoms with Gasteiger partial charge < -0.3 is 10.1 Å². The molecule has 0 spiro atoms. The molecule has 0 fully saturated rings. The molecule has 0 aliphatic heterocycles. The van der Waals surface area contributed by atoms with Crippen LogP contribution in [-0.4, -0.2) is 22.7 Å². The number of nitrogens with one attached hydrogen (secondary N) is 1. The summed E-state index contributed by atoms with van der Waals surface area (Å²) in [5.74, 6) is 0.439. The van der Waals surface area contributed by atoms with Crippen LogP contribution in [0, 0.1) is 0 Å². The Balaban J connectivity index is 2.25. The van der Waals surface area contributed by atoms with Gasteiger partial charge in [0.25, 0.3) is 5.91 Å². The first-order valence-corrected chi connectivity index (χ1v) is 8.20. The van der Waals surface area contributed by atoms with Crippen molar-refractivity contribution in [2.75, 3.05) is 11.6 Å². The number of thioether (sulfide) groups is 1. The summed E-state index contributed by atoms with van der Waals surface area (Å²) in [6, 6.07) is 9.25. The van der Waals surface area contributed by atoms with Gasteiger partial charge in [0, 0.05) is 17.2 Å². The highest BCUT2D eigenvalue weighted by Crippen LogP contribution is 2.28. The summed E-state index contributed by atoms with van der Waals surface area (Å²) in [6.45, 7) is 5.88. The van der Waals surface area contributed by atoms with E-state index in [0.29, 0.717) is 17.0 Å². The van der Waals surface area contributed by atoms with Gasteiger partial charge in [0.1, 0.15) is 17.0 Å². The van der Waals surface area contributed by atoms with Crippen molar-refractivity contribution >= 4 is 23.4 Å². The molecule has 0 aliphatic carbocycles. The second kappa shape index (κ2) is 6.83. The van der Waals surface area contributed by atoms with Crippen LogP contribution in [0.5, 0.6) is 5.75 Å². The van der Waals surface area contributed by atoms with Crippen LogP contribution in [0.3, 0.4) is 0 Å². The molecule has 0 bridgehead atoms. The maximum Gasteiger partial charge on any atom is 0.256 e.